The summed E-state index contributed by atoms with van der Waals surface area (Å²) in [5.41, 5.74) is 2.43. The first-order valence-electron chi connectivity index (χ1n) is 10.8. The molecule has 2 aromatic rings. The van der Waals surface area contributed by atoms with Gasteiger partial charge in [-0.25, -0.2) is 0 Å². The highest BCUT2D eigenvalue weighted by atomic mass is 32.2. The van der Waals surface area contributed by atoms with Gasteiger partial charge in [-0.05, 0) is 61.7 Å². The van der Waals surface area contributed by atoms with Crippen molar-refractivity contribution in [2.45, 2.75) is 37.0 Å². The lowest BCUT2D eigenvalue weighted by Gasteiger charge is -2.38. The van der Waals surface area contributed by atoms with Crippen LogP contribution in [0.2, 0.25) is 0 Å². The van der Waals surface area contributed by atoms with Crippen LogP contribution in [0, 0.1) is 5.92 Å². The molecule has 6 heteroatoms. The summed E-state index contributed by atoms with van der Waals surface area (Å²) in [5, 5.41) is 0. The van der Waals surface area contributed by atoms with Crippen molar-refractivity contribution in [3.8, 4) is 0 Å². The molecule has 0 saturated carbocycles. The fourth-order valence-electron chi connectivity index (χ4n) is 4.15. The third kappa shape index (κ3) is 5.84. The van der Waals surface area contributed by atoms with E-state index in [9.17, 15) is 8.42 Å². The zero-order chi connectivity index (χ0) is 21.6. The molecule has 2 atom stereocenters. The molecule has 30 heavy (non-hydrogen) atoms. The highest BCUT2D eigenvalue weighted by molar-refractivity contribution is 7.86. The van der Waals surface area contributed by atoms with Gasteiger partial charge in [0.05, 0.1) is 11.5 Å². The number of benzene rings is 2. The molecule has 3 rings (SSSR count). The van der Waals surface area contributed by atoms with Gasteiger partial charge in [-0.2, -0.15) is 8.42 Å². The SMILES string of the molecule is CCCCN1CCC(c2ccc(N(C)C)cc2)C(COS(=O)(=O)c2ccccc2)C1. The minimum Gasteiger partial charge on any atom is -0.378 e. The summed E-state index contributed by atoms with van der Waals surface area (Å²) in [6, 6.07) is 17.0. The van der Waals surface area contributed by atoms with Gasteiger partial charge in [-0.15, -0.1) is 0 Å². The normalized spacial score (nSPS) is 20.2. The van der Waals surface area contributed by atoms with E-state index in [-0.39, 0.29) is 17.4 Å². The first-order valence-corrected chi connectivity index (χ1v) is 12.3. The van der Waals surface area contributed by atoms with Crippen LogP contribution in [0.5, 0.6) is 0 Å². The Labute approximate surface area is 181 Å². The second-order valence-corrected chi connectivity index (χ2v) is 9.96. The van der Waals surface area contributed by atoms with Crippen LogP contribution in [0.3, 0.4) is 0 Å². The van der Waals surface area contributed by atoms with E-state index in [0.29, 0.717) is 5.92 Å². The van der Waals surface area contributed by atoms with Crippen molar-refractivity contribution in [2.24, 2.45) is 5.92 Å². The topological polar surface area (TPSA) is 49.9 Å². The fourth-order valence-corrected chi connectivity index (χ4v) is 5.13. The number of likely N-dealkylation sites (tertiary alicyclic amines) is 1. The number of hydrogen-bond donors (Lipinski definition) is 0. The predicted octanol–water partition coefficient (Wildman–Crippen LogP) is 4.36. The molecular formula is C24H34N2O3S. The van der Waals surface area contributed by atoms with Crippen molar-refractivity contribution in [1.29, 1.82) is 0 Å². The number of anilines is 1. The van der Waals surface area contributed by atoms with Gasteiger partial charge in [-0.3, -0.25) is 4.18 Å². The second kappa shape index (κ2) is 10.4. The molecule has 0 aromatic heterocycles. The van der Waals surface area contributed by atoms with Crippen LogP contribution in [0.1, 0.15) is 37.7 Å². The molecule has 1 aliphatic rings. The molecule has 0 bridgehead atoms. The molecular weight excluding hydrogens is 396 g/mol. The minimum atomic E-state index is -3.74. The van der Waals surface area contributed by atoms with E-state index >= 15 is 0 Å². The van der Waals surface area contributed by atoms with E-state index in [1.807, 2.05) is 14.1 Å². The summed E-state index contributed by atoms with van der Waals surface area (Å²) in [4.78, 5) is 4.76. The lowest BCUT2D eigenvalue weighted by atomic mass is 9.80. The Hall–Kier alpha value is -1.89. The zero-order valence-electron chi connectivity index (χ0n) is 18.3. The number of hydrogen-bond acceptors (Lipinski definition) is 5. The molecule has 0 radical (unpaired) electrons. The van der Waals surface area contributed by atoms with E-state index in [1.165, 1.54) is 11.3 Å². The molecule has 164 valence electrons. The highest BCUT2D eigenvalue weighted by Gasteiger charge is 2.32. The van der Waals surface area contributed by atoms with Crippen LogP contribution >= 0.6 is 0 Å². The van der Waals surface area contributed by atoms with Gasteiger partial charge < -0.3 is 9.80 Å². The van der Waals surface area contributed by atoms with Gasteiger partial charge >= 0.3 is 0 Å². The largest absolute Gasteiger partial charge is 0.378 e. The Morgan fingerprint density at radius 3 is 2.40 bits per heavy atom. The average molecular weight is 431 g/mol. The number of nitrogens with zero attached hydrogens (tertiary/aromatic N) is 2. The van der Waals surface area contributed by atoms with Gasteiger partial charge in [-0.1, -0.05) is 43.7 Å². The van der Waals surface area contributed by atoms with Crippen molar-refractivity contribution in [1.82, 2.24) is 4.90 Å². The number of unbranched alkanes of at least 4 members (excludes halogenated alkanes) is 1. The van der Waals surface area contributed by atoms with Crippen LogP contribution in [-0.2, 0) is 14.3 Å². The average Bonchev–Trinajstić information content (AvgIpc) is 2.77. The van der Waals surface area contributed by atoms with E-state index in [0.717, 1.165) is 38.9 Å². The van der Waals surface area contributed by atoms with E-state index in [2.05, 4.69) is 41.0 Å². The van der Waals surface area contributed by atoms with Crippen molar-refractivity contribution >= 4 is 15.8 Å². The quantitative estimate of drug-likeness (QED) is 0.553. The van der Waals surface area contributed by atoms with Gasteiger partial charge in [0.15, 0.2) is 0 Å². The molecule has 2 aromatic carbocycles. The lowest BCUT2D eigenvalue weighted by Crippen LogP contribution is -2.42. The maximum Gasteiger partial charge on any atom is 0.296 e. The van der Waals surface area contributed by atoms with Crippen LogP contribution in [0.15, 0.2) is 59.5 Å². The first-order chi connectivity index (χ1) is 14.4. The molecule has 1 fully saturated rings. The molecule has 1 saturated heterocycles. The van der Waals surface area contributed by atoms with Crippen molar-refractivity contribution in [3.63, 3.8) is 0 Å². The molecule has 0 N–H and O–H groups in total. The summed E-state index contributed by atoms with van der Waals surface area (Å²) in [7, 11) is 0.325. The monoisotopic (exact) mass is 430 g/mol. The standard InChI is InChI=1S/C24H34N2O3S/c1-4-5-16-26-17-15-24(20-11-13-22(14-12-20)25(2)3)21(18-26)19-29-30(27,28)23-9-7-6-8-10-23/h6-14,21,24H,4-5,15-19H2,1-3H3. The number of rotatable bonds is 9. The first kappa shape index (κ1) is 22.8. The fraction of sp³-hybridized carbons (Fsp3) is 0.500. The van der Waals surface area contributed by atoms with Crippen LogP contribution < -0.4 is 4.90 Å². The molecule has 0 spiro atoms. The number of piperidine rings is 1. The van der Waals surface area contributed by atoms with Crippen LogP contribution in [0.4, 0.5) is 5.69 Å². The van der Waals surface area contributed by atoms with Crippen molar-refractivity contribution in [3.05, 3.63) is 60.2 Å². The Morgan fingerprint density at radius 1 is 1.07 bits per heavy atom. The summed E-state index contributed by atoms with van der Waals surface area (Å²) in [5.74, 6) is 0.435. The third-order valence-corrected chi connectivity index (χ3v) is 7.25. The Morgan fingerprint density at radius 2 is 1.77 bits per heavy atom. The molecule has 2 unspecified atom stereocenters. The van der Waals surface area contributed by atoms with E-state index < -0.39 is 10.1 Å². The van der Waals surface area contributed by atoms with Crippen LogP contribution in [-0.4, -0.2) is 53.7 Å². The minimum absolute atomic E-state index is 0.138. The Bertz CT molecular complexity index is 882. The van der Waals surface area contributed by atoms with Gasteiger partial charge in [0, 0.05) is 32.2 Å². The zero-order valence-corrected chi connectivity index (χ0v) is 19.1. The third-order valence-electron chi connectivity index (χ3n) is 5.95. The van der Waals surface area contributed by atoms with E-state index in [4.69, 9.17) is 4.18 Å². The lowest BCUT2D eigenvalue weighted by molar-refractivity contribution is 0.112. The summed E-state index contributed by atoms with van der Waals surface area (Å²) in [6.07, 6.45) is 3.35. The molecule has 0 amide bonds. The van der Waals surface area contributed by atoms with Crippen molar-refractivity contribution < 1.29 is 12.6 Å². The molecule has 1 aliphatic heterocycles. The second-order valence-electron chi connectivity index (χ2n) is 8.35. The van der Waals surface area contributed by atoms with Gasteiger partial charge in [0.25, 0.3) is 10.1 Å². The predicted molar refractivity (Wildman–Crippen MR) is 123 cm³/mol. The molecule has 1 heterocycles. The maximum absolute atomic E-state index is 12.6. The maximum atomic E-state index is 12.6. The molecule has 5 nitrogen and oxygen atoms in total. The summed E-state index contributed by atoms with van der Waals surface area (Å²) < 4.78 is 30.9. The highest BCUT2D eigenvalue weighted by Crippen LogP contribution is 2.35. The Kier molecular flexibility index (Phi) is 7.92. The van der Waals surface area contributed by atoms with Gasteiger partial charge in [0.1, 0.15) is 0 Å². The van der Waals surface area contributed by atoms with E-state index in [1.54, 1.807) is 30.3 Å². The van der Waals surface area contributed by atoms with Crippen molar-refractivity contribution in [2.75, 3.05) is 45.2 Å². The molecule has 0 aliphatic carbocycles. The van der Waals surface area contributed by atoms with Gasteiger partial charge in [0.2, 0.25) is 0 Å². The van der Waals surface area contributed by atoms with Crippen LogP contribution in [0.25, 0.3) is 0 Å². The Balaban J connectivity index is 1.75. The summed E-state index contributed by atoms with van der Waals surface area (Å²) >= 11 is 0. The smallest absolute Gasteiger partial charge is 0.296 e. The summed E-state index contributed by atoms with van der Waals surface area (Å²) in [6.45, 7) is 5.38.